The van der Waals surface area contributed by atoms with Crippen molar-refractivity contribution < 1.29 is 27.4 Å². The van der Waals surface area contributed by atoms with E-state index in [1.54, 1.807) is 0 Å². The first-order valence-corrected chi connectivity index (χ1v) is 4.55. The summed E-state index contributed by atoms with van der Waals surface area (Å²) in [7, 11) is 1.11. The van der Waals surface area contributed by atoms with E-state index < -0.39 is 23.1 Å². The average molecular weight is 270 g/mol. The third-order valence-electron chi connectivity index (χ3n) is 1.74. The van der Waals surface area contributed by atoms with E-state index in [2.05, 4.69) is 9.47 Å². The van der Waals surface area contributed by atoms with Crippen molar-refractivity contribution in [2.24, 2.45) is 0 Å². The number of halogens is 4. The van der Waals surface area contributed by atoms with Gasteiger partial charge in [-0.25, -0.2) is 4.79 Å². The average Bonchev–Trinajstić information content (AvgIpc) is 2.20. The molecule has 0 aliphatic carbocycles. The number of ether oxygens (including phenoxy) is 2. The largest absolute Gasteiger partial charge is 0.573 e. The first-order valence-electron chi connectivity index (χ1n) is 4.17. The van der Waals surface area contributed by atoms with E-state index in [1.165, 1.54) is 0 Å². The monoisotopic (exact) mass is 269 g/mol. The highest BCUT2D eigenvalue weighted by atomic mass is 35.5. The summed E-state index contributed by atoms with van der Waals surface area (Å²) >= 11 is 5.52. The molecule has 0 saturated carbocycles. The SMILES string of the molecule is COC(=O)c1cc(Cl)c(OC(F)(F)F)cc1N. The molecule has 0 radical (unpaired) electrons. The predicted molar refractivity (Wildman–Crippen MR) is 53.9 cm³/mol. The lowest BCUT2D eigenvalue weighted by Crippen LogP contribution is -2.18. The maximum Gasteiger partial charge on any atom is 0.573 e. The number of alkyl halides is 3. The fourth-order valence-electron chi connectivity index (χ4n) is 1.06. The van der Waals surface area contributed by atoms with Gasteiger partial charge in [0.25, 0.3) is 0 Å². The number of benzene rings is 1. The Morgan fingerprint density at radius 2 is 2.00 bits per heavy atom. The number of hydrogen-bond donors (Lipinski definition) is 1. The first kappa shape index (κ1) is 13.4. The molecular formula is C9H7ClF3NO3. The van der Waals surface area contributed by atoms with Gasteiger partial charge < -0.3 is 15.2 Å². The van der Waals surface area contributed by atoms with Crippen molar-refractivity contribution in [1.82, 2.24) is 0 Å². The number of carbonyl (C=O) groups is 1. The fourth-order valence-corrected chi connectivity index (χ4v) is 1.26. The number of rotatable bonds is 2. The zero-order chi connectivity index (χ0) is 13.2. The van der Waals surface area contributed by atoms with Crippen LogP contribution in [-0.2, 0) is 4.74 Å². The number of carbonyl (C=O) groups excluding carboxylic acids is 1. The lowest BCUT2D eigenvalue weighted by Gasteiger charge is -2.12. The molecule has 0 unspecified atom stereocenters. The van der Waals surface area contributed by atoms with Gasteiger partial charge in [-0.2, -0.15) is 0 Å². The molecule has 0 aliphatic heterocycles. The van der Waals surface area contributed by atoms with Crippen LogP contribution in [0.3, 0.4) is 0 Å². The molecule has 0 aromatic heterocycles. The summed E-state index contributed by atoms with van der Waals surface area (Å²) in [6, 6.07) is 1.76. The van der Waals surface area contributed by atoms with Crippen LogP contribution in [0.2, 0.25) is 5.02 Å². The van der Waals surface area contributed by atoms with Crippen LogP contribution >= 0.6 is 11.6 Å². The van der Waals surface area contributed by atoms with Crippen molar-refractivity contribution in [3.05, 3.63) is 22.7 Å². The van der Waals surface area contributed by atoms with Gasteiger partial charge in [-0.05, 0) is 6.07 Å². The van der Waals surface area contributed by atoms with Crippen molar-refractivity contribution in [1.29, 1.82) is 0 Å². The molecule has 0 heterocycles. The summed E-state index contributed by atoms with van der Waals surface area (Å²) in [4.78, 5) is 11.2. The highest BCUT2D eigenvalue weighted by Crippen LogP contribution is 2.33. The van der Waals surface area contributed by atoms with E-state index in [4.69, 9.17) is 17.3 Å². The number of anilines is 1. The van der Waals surface area contributed by atoms with E-state index in [9.17, 15) is 18.0 Å². The molecule has 0 bridgehead atoms. The standard InChI is InChI=1S/C9H7ClF3NO3/c1-16-8(15)4-2-5(10)7(3-6(4)14)17-9(11,12)13/h2-3H,14H2,1H3. The molecule has 4 nitrogen and oxygen atoms in total. The molecule has 0 atom stereocenters. The molecule has 0 saturated heterocycles. The maximum absolute atomic E-state index is 12.0. The minimum Gasteiger partial charge on any atom is -0.465 e. The zero-order valence-electron chi connectivity index (χ0n) is 8.47. The Morgan fingerprint density at radius 1 is 1.41 bits per heavy atom. The topological polar surface area (TPSA) is 61.5 Å². The summed E-state index contributed by atoms with van der Waals surface area (Å²) in [5.41, 5.74) is 5.02. The second-order valence-corrected chi connectivity index (χ2v) is 3.32. The van der Waals surface area contributed by atoms with E-state index >= 15 is 0 Å². The molecule has 0 spiro atoms. The molecule has 94 valence electrons. The number of nitrogen functional groups attached to an aromatic ring is 1. The molecule has 1 rings (SSSR count). The molecule has 0 aliphatic rings. The van der Waals surface area contributed by atoms with Crippen molar-refractivity contribution in [3.63, 3.8) is 0 Å². The molecule has 8 heteroatoms. The Morgan fingerprint density at radius 3 is 2.47 bits per heavy atom. The molecule has 1 aromatic rings. The van der Waals surface area contributed by atoms with Gasteiger partial charge in [-0.1, -0.05) is 11.6 Å². The van der Waals surface area contributed by atoms with Gasteiger partial charge in [0.2, 0.25) is 0 Å². The van der Waals surface area contributed by atoms with Crippen LogP contribution in [0, 0.1) is 0 Å². The quantitative estimate of drug-likeness (QED) is 0.662. The summed E-state index contributed by atoms with van der Waals surface area (Å²) in [6.45, 7) is 0. The van der Waals surface area contributed by atoms with Gasteiger partial charge in [0.15, 0.2) is 0 Å². The maximum atomic E-state index is 12.0. The highest BCUT2D eigenvalue weighted by Gasteiger charge is 2.32. The molecule has 0 amide bonds. The van der Waals surface area contributed by atoms with Crippen LogP contribution in [0.15, 0.2) is 12.1 Å². The Balaban J connectivity index is 3.14. The number of methoxy groups -OCH3 is 1. The lowest BCUT2D eigenvalue weighted by atomic mass is 10.2. The van der Waals surface area contributed by atoms with Crippen molar-refractivity contribution in [2.75, 3.05) is 12.8 Å². The number of hydrogen-bond acceptors (Lipinski definition) is 4. The minimum absolute atomic E-state index is 0.132. The van der Waals surface area contributed by atoms with Crippen molar-refractivity contribution in [3.8, 4) is 5.75 Å². The Hall–Kier alpha value is -1.63. The van der Waals surface area contributed by atoms with Crippen LogP contribution in [0.25, 0.3) is 0 Å². The van der Waals surface area contributed by atoms with Gasteiger partial charge >= 0.3 is 12.3 Å². The van der Waals surface area contributed by atoms with E-state index in [1.807, 2.05) is 0 Å². The van der Waals surface area contributed by atoms with Crippen LogP contribution in [0.5, 0.6) is 5.75 Å². The van der Waals surface area contributed by atoms with Gasteiger partial charge in [-0.3, -0.25) is 0 Å². The molecule has 2 N–H and O–H groups in total. The molecular weight excluding hydrogens is 263 g/mol. The van der Waals surface area contributed by atoms with Crippen molar-refractivity contribution in [2.45, 2.75) is 6.36 Å². The fraction of sp³-hybridized carbons (Fsp3) is 0.222. The molecule has 0 fully saturated rings. The summed E-state index contributed by atoms with van der Waals surface area (Å²) in [5, 5.41) is -0.392. The summed E-state index contributed by atoms with van der Waals surface area (Å²) in [6.07, 6.45) is -4.89. The van der Waals surface area contributed by atoms with Crippen LogP contribution in [-0.4, -0.2) is 19.4 Å². The normalized spacial score (nSPS) is 11.1. The predicted octanol–water partition coefficient (Wildman–Crippen LogP) is 2.61. The molecule has 17 heavy (non-hydrogen) atoms. The lowest BCUT2D eigenvalue weighted by molar-refractivity contribution is -0.274. The van der Waals surface area contributed by atoms with E-state index in [0.29, 0.717) is 0 Å². The smallest absolute Gasteiger partial charge is 0.465 e. The Bertz CT molecular complexity index is 448. The first-order chi connectivity index (χ1) is 7.74. The number of esters is 1. The van der Waals surface area contributed by atoms with Gasteiger partial charge in [-0.15, -0.1) is 13.2 Å². The summed E-state index contributed by atoms with van der Waals surface area (Å²) < 4.78 is 43.9. The highest BCUT2D eigenvalue weighted by molar-refractivity contribution is 6.32. The third-order valence-corrected chi connectivity index (χ3v) is 2.03. The van der Waals surface area contributed by atoms with Gasteiger partial charge in [0.05, 0.1) is 17.7 Å². The van der Waals surface area contributed by atoms with Crippen LogP contribution in [0.4, 0.5) is 18.9 Å². The molecule has 1 aromatic carbocycles. The second-order valence-electron chi connectivity index (χ2n) is 2.91. The Kier molecular flexibility index (Phi) is 3.72. The van der Waals surface area contributed by atoms with Gasteiger partial charge in [0.1, 0.15) is 5.75 Å². The van der Waals surface area contributed by atoms with Crippen LogP contribution in [0.1, 0.15) is 10.4 Å². The zero-order valence-corrected chi connectivity index (χ0v) is 9.22. The van der Waals surface area contributed by atoms with Crippen molar-refractivity contribution >= 4 is 23.3 Å². The van der Waals surface area contributed by atoms with Crippen LogP contribution < -0.4 is 10.5 Å². The summed E-state index contributed by atoms with van der Waals surface area (Å²) in [5.74, 6) is -1.48. The van der Waals surface area contributed by atoms with E-state index in [-0.39, 0.29) is 11.3 Å². The minimum atomic E-state index is -4.89. The number of nitrogens with two attached hydrogens (primary N) is 1. The van der Waals surface area contributed by atoms with E-state index in [0.717, 1.165) is 19.2 Å². The van der Waals surface area contributed by atoms with Gasteiger partial charge in [0, 0.05) is 11.8 Å². The third kappa shape index (κ3) is 3.42. The second kappa shape index (κ2) is 4.70. The Labute approximate surface area is 99.1 Å².